The van der Waals surface area contributed by atoms with Gasteiger partial charge in [0.1, 0.15) is 5.75 Å². The lowest BCUT2D eigenvalue weighted by Gasteiger charge is -2.40. The van der Waals surface area contributed by atoms with Crippen LogP contribution in [-0.4, -0.2) is 51.3 Å². The Morgan fingerprint density at radius 1 is 1.12 bits per heavy atom. The van der Waals surface area contributed by atoms with E-state index in [-0.39, 0.29) is 5.79 Å². The third kappa shape index (κ3) is 3.94. The van der Waals surface area contributed by atoms with Crippen molar-refractivity contribution in [3.8, 4) is 5.75 Å². The maximum absolute atomic E-state index is 5.85. The van der Waals surface area contributed by atoms with E-state index in [1.54, 1.807) is 7.11 Å². The van der Waals surface area contributed by atoms with Crippen LogP contribution in [0.1, 0.15) is 38.5 Å². The van der Waals surface area contributed by atoms with Crippen LogP contribution in [0.25, 0.3) is 0 Å². The zero-order valence-electron chi connectivity index (χ0n) is 15.2. The van der Waals surface area contributed by atoms with Crippen molar-refractivity contribution in [1.29, 1.82) is 0 Å². The van der Waals surface area contributed by atoms with Gasteiger partial charge in [0, 0.05) is 49.8 Å². The van der Waals surface area contributed by atoms with E-state index in [1.807, 2.05) is 6.07 Å². The number of ether oxygens (including phenoxy) is 3. The highest BCUT2D eigenvalue weighted by molar-refractivity contribution is 5.51. The smallest absolute Gasteiger partial charge is 0.168 e. The molecule has 2 aliphatic heterocycles. The van der Waals surface area contributed by atoms with Crippen LogP contribution in [0.3, 0.4) is 0 Å². The van der Waals surface area contributed by atoms with Gasteiger partial charge in [-0.3, -0.25) is 0 Å². The van der Waals surface area contributed by atoms with Crippen molar-refractivity contribution in [2.24, 2.45) is 0 Å². The molecule has 138 valence electrons. The second-order valence-corrected chi connectivity index (χ2v) is 7.54. The van der Waals surface area contributed by atoms with Gasteiger partial charge < -0.3 is 24.4 Å². The van der Waals surface area contributed by atoms with E-state index in [1.165, 1.54) is 18.5 Å². The van der Waals surface area contributed by atoms with Gasteiger partial charge in [-0.2, -0.15) is 0 Å². The Morgan fingerprint density at radius 2 is 1.92 bits per heavy atom. The number of rotatable bonds is 4. The van der Waals surface area contributed by atoms with Gasteiger partial charge in [-0.15, -0.1) is 0 Å². The average molecular weight is 346 g/mol. The van der Waals surface area contributed by atoms with E-state index in [0.717, 1.165) is 57.7 Å². The minimum atomic E-state index is -0.253. The molecule has 5 nitrogen and oxygen atoms in total. The standard InChI is InChI=1S/C20H30N2O3/c1-23-19-6-2-5-18(14-19)22-11-3-4-17(15-22)21-16-7-9-20(10-8-16)24-12-13-25-20/h2,5-6,14,16-17,21H,3-4,7-13,15H2,1H3. The third-order valence-corrected chi connectivity index (χ3v) is 5.87. The van der Waals surface area contributed by atoms with Gasteiger partial charge in [0.25, 0.3) is 0 Å². The highest BCUT2D eigenvalue weighted by Gasteiger charge is 2.40. The summed E-state index contributed by atoms with van der Waals surface area (Å²) in [5.41, 5.74) is 1.27. The van der Waals surface area contributed by atoms with Crippen LogP contribution in [0, 0.1) is 0 Å². The molecule has 0 aromatic heterocycles. The van der Waals surface area contributed by atoms with Gasteiger partial charge in [0.2, 0.25) is 0 Å². The lowest BCUT2D eigenvalue weighted by Crippen LogP contribution is -2.51. The zero-order chi connectivity index (χ0) is 17.1. The van der Waals surface area contributed by atoms with E-state index >= 15 is 0 Å². The van der Waals surface area contributed by atoms with Crippen molar-refractivity contribution in [2.45, 2.75) is 56.4 Å². The minimum Gasteiger partial charge on any atom is -0.497 e. The van der Waals surface area contributed by atoms with Crippen molar-refractivity contribution >= 4 is 5.69 Å². The lowest BCUT2D eigenvalue weighted by molar-refractivity contribution is -0.179. The van der Waals surface area contributed by atoms with Crippen LogP contribution < -0.4 is 15.0 Å². The van der Waals surface area contributed by atoms with E-state index in [2.05, 4.69) is 28.4 Å². The van der Waals surface area contributed by atoms with Gasteiger partial charge in [-0.25, -0.2) is 0 Å². The SMILES string of the molecule is COc1cccc(N2CCCC(NC3CCC4(CC3)OCCO4)C2)c1. The molecular weight excluding hydrogens is 316 g/mol. The quantitative estimate of drug-likeness (QED) is 0.908. The summed E-state index contributed by atoms with van der Waals surface area (Å²) in [5, 5.41) is 3.91. The van der Waals surface area contributed by atoms with Gasteiger partial charge in [0.05, 0.1) is 20.3 Å². The van der Waals surface area contributed by atoms with Gasteiger partial charge in [0.15, 0.2) is 5.79 Å². The molecule has 0 amide bonds. The Kier molecular flexibility index (Phi) is 5.15. The molecule has 1 aromatic carbocycles. The third-order valence-electron chi connectivity index (χ3n) is 5.87. The predicted octanol–water partition coefficient (Wildman–Crippen LogP) is 2.94. The number of methoxy groups -OCH3 is 1. The fourth-order valence-corrected chi connectivity index (χ4v) is 4.50. The molecule has 2 heterocycles. The van der Waals surface area contributed by atoms with Gasteiger partial charge in [-0.05, 0) is 37.8 Å². The fraction of sp³-hybridized carbons (Fsp3) is 0.700. The van der Waals surface area contributed by atoms with Gasteiger partial charge >= 0.3 is 0 Å². The molecule has 1 aliphatic carbocycles. The van der Waals surface area contributed by atoms with Crippen LogP contribution in [0.4, 0.5) is 5.69 Å². The molecule has 1 atom stereocenters. The van der Waals surface area contributed by atoms with Gasteiger partial charge in [-0.1, -0.05) is 6.07 Å². The van der Waals surface area contributed by atoms with E-state index < -0.39 is 0 Å². The summed E-state index contributed by atoms with van der Waals surface area (Å²) in [6.45, 7) is 3.72. The van der Waals surface area contributed by atoms with Crippen LogP contribution in [0.5, 0.6) is 5.75 Å². The first-order valence-electron chi connectivity index (χ1n) is 9.69. The molecule has 1 unspecified atom stereocenters. The molecule has 2 saturated heterocycles. The lowest BCUT2D eigenvalue weighted by atomic mass is 9.89. The fourth-order valence-electron chi connectivity index (χ4n) is 4.50. The topological polar surface area (TPSA) is 43.0 Å². The van der Waals surface area contributed by atoms with Crippen molar-refractivity contribution in [3.05, 3.63) is 24.3 Å². The largest absolute Gasteiger partial charge is 0.497 e. The summed E-state index contributed by atoms with van der Waals surface area (Å²) in [5.74, 6) is 0.680. The molecule has 0 radical (unpaired) electrons. The summed E-state index contributed by atoms with van der Waals surface area (Å²) in [6.07, 6.45) is 6.84. The molecule has 4 rings (SSSR count). The van der Waals surface area contributed by atoms with Crippen molar-refractivity contribution in [3.63, 3.8) is 0 Å². The maximum Gasteiger partial charge on any atom is 0.168 e. The first kappa shape index (κ1) is 17.1. The predicted molar refractivity (Wildman–Crippen MR) is 98.3 cm³/mol. The first-order chi connectivity index (χ1) is 12.3. The summed E-state index contributed by atoms with van der Waals surface area (Å²) in [6, 6.07) is 9.56. The summed E-state index contributed by atoms with van der Waals surface area (Å²) < 4.78 is 17.1. The minimum absolute atomic E-state index is 0.253. The van der Waals surface area contributed by atoms with Crippen LogP contribution in [0.15, 0.2) is 24.3 Å². The Bertz CT molecular complexity index is 564. The number of nitrogens with one attached hydrogen (secondary N) is 1. The van der Waals surface area contributed by atoms with Crippen LogP contribution >= 0.6 is 0 Å². The molecule has 1 spiro atoms. The second kappa shape index (κ2) is 7.52. The Morgan fingerprint density at radius 3 is 2.68 bits per heavy atom. The van der Waals surface area contributed by atoms with E-state index in [9.17, 15) is 0 Å². The average Bonchev–Trinajstić information content (AvgIpc) is 3.12. The first-order valence-corrected chi connectivity index (χ1v) is 9.69. The number of anilines is 1. The number of hydrogen-bond acceptors (Lipinski definition) is 5. The molecule has 3 aliphatic rings. The number of piperidine rings is 1. The Labute approximate surface area is 150 Å². The second-order valence-electron chi connectivity index (χ2n) is 7.54. The Hall–Kier alpha value is -1.30. The summed E-state index contributed by atoms with van der Waals surface area (Å²) >= 11 is 0. The number of hydrogen-bond donors (Lipinski definition) is 1. The molecule has 1 saturated carbocycles. The molecule has 1 aromatic rings. The van der Waals surface area contributed by atoms with Crippen molar-refractivity contribution in [1.82, 2.24) is 5.32 Å². The van der Waals surface area contributed by atoms with E-state index in [4.69, 9.17) is 14.2 Å². The maximum atomic E-state index is 5.85. The molecular formula is C20H30N2O3. The van der Waals surface area contributed by atoms with Crippen molar-refractivity contribution in [2.75, 3.05) is 38.3 Å². The Balaban J connectivity index is 1.31. The van der Waals surface area contributed by atoms with Crippen molar-refractivity contribution < 1.29 is 14.2 Å². The number of benzene rings is 1. The zero-order valence-corrected chi connectivity index (χ0v) is 15.2. The molecule has 0 bridgehead atoms. The van der Waals surface area contributed by atoms with Crippen LogP contribution in [-0.2, 0) is 9.47 Å². The summed E-state index contributed by atoms with van der Waals surface area (Å²) in [7, 11) is 1.73. The highest BCUT2D eigenvalue weighted by atomic mass is 16.7. The molecule has 1 N–H and O–H groups in total. The normalized spacial score (nSPS) is 26.9. The molecule has 25 heavy (non-hydrogen) atoms. The van der Waals surface area contributed by atoms with Crippen LogP contribution in [0.2, 0.25) is 0 Å². The monoisotopic (exact) mass is 346 g/mol. The van der Waals surface area contributed by atoms with E-state index in [0.29, 0.717) is 12.1 Å². The number of nitrogens with zero attached hydrogens (tertiary/aromatic N) is 1. The molecule has 3 fully saturated rings. The summed E-state index contributed by atoms with van der Waals surface area (Å²) in [4.78, 5) is 2.48. The highest BCUT2D eigenvalue weighted by Crippen LogP contribution is 2.36. The molecule has 5 heteroatoms.